The summed E-state index contributed by atoms with van der Waals surface area (Å²) in [7, 11) is 0. The summed E-state index contributed by atoms with van der Waals surface area (Å²) in [5.41, 5.74) is -0.672. The van der Waals surface area contributed by atoms with Crippen LogP contribution in [0.2, 0.25) is 0 Å². The van der Waals surface area contributed by atoms with E-state index in [-0.39, 0.29) is 22.5 Å². The van der Waals surface area contributed by atoms with Gasteiger partial charge in [-0.1, -0.05) is 24.3 Å². The van der Waals surface area contributed by atoms with Gasteiger partial charge in [0, 0.05) is 0 Å². The lowest BCUT2D eigenvalue weighted by molar-refractivity contribution is -0.135. The van der Waals surface area contributed by atoms with Crippen LogP contribution < -0.4 is 10.6 Å². The van der Waals surface area contributed by atoms with Gasteiger partial charge in [0.25, 0.3) is 0 Å². The summed E-state index contributed by atoms with van der Waals surface area (Å²) in [6.45, 7) is 5.93. The molecule has 0 atom stereocenters. The molecule has 29 heavy (non-hydrogen) atoms. The van der Waals surface area contributed by atoms with Gasteiger partial charge < -0.3 is 20.8 Å². The molecule has 0 aromatic heterocycles. The van der Waals surface area contributed by atoms with Crippen molar-refractivity contribution < 1.29 is 29.4 Å². The Morgan fingerprint density at radius 2 is 1.07 bits per heavy atom. The lowest BCUT2D eigenvalue weighted by Gasteiger charge is -2.24. The molecule has 0 unspecified atom stereocenters. The molecule has 0 radical (unpaired) electrons. The third-order valence-corrected chi connectivity index (χ3v) is 4.61. The number of aromatic carboxylic acids is 2. The highest BCUT2D eigenvalue weighted by atomic mass is 16.4. The van der Waals surface area contributed by atoms with Gasteiger partial charge in [-0.25, -0.2) is 9.59 Å². The maximum atomic E-state index is 12.8. The van der Waals surface area contributed by atoms with E-state index in [9.17, 15) is 29.4 Å². The summed E-state index contributed by atoms with van der Waals surface area (Å²) in [5.74, 6) is -3.86. The fourth-order valence-corrected chi connectivity index (χ4v) is 2.77. The summed E-state index contributed by atoms with van der Waals surface area (Å²) in [6.07, 6.45) is 0. The molecule has 2 aromatic rings. The molecule has 8 nitrogen and oxygen atoms in total. The van der Waals surface area contributed by atoms with Gasteiger partial charge >= 0.3 is 11.9 Å². The molecule has 0 fully saturated rings. The number of aryl methyl sites for hydroxylation is 2. The SMILES string of the molecule is Cc1cccc(NC(=O)C(C)(C)C(=O)Nc2cccc(C)c2C(=O)O)c1C(=O)O. The number of hydrogen-bond acceptors (Lipinski definition) is 4. The van der Waals surface area contributed by atoms with Crippen LogP contribution in [0.25, 0.3) is 0 Å². The molecule has 4 N–H and O–H groups in total. The van der Waals surface area contributed by atoms with E-state index in [0.717, 1.165) is 0 Å². The highest BCUT2D eigenvalue weighted by molar-refractivity contribution is 6.16. The highest BCUT2D eigenvalue weighted by Gasteiger charge is 2.37. The summed E-state index contributed by atoms with van der Waals surface area (Å²) < 4.78 is 0. The number of carbonyl (C=O) groups is 4. The summed E-state index contributed by atoms with van der Waals surface area (Å²) in [4.78, 5) is 48.5. The second-order valence-electron chi connectivity index (χ2n) is 7.14. The maximum absolute atomic E-state index is 12.8. The first kappa shape index (κ1) is 21.6. The molecule has 0 saturated heterocycles. The van der Waals surface area contributed by atoms with Gasteiger partial charge in [-0.05, 0) is 51.0 Å². The Morgan fingerprint density at radius 3 is 1.38 bits per heavy atom. The first-order valence-corrected chi connectivity index (χ1v) is 8.75. The Labute approximate surface area is 167 Å². The summed E-state index contributed by atoms with van der Waals surface area (Å²) in [6, 6.07) is 9.26. The van der Waals surface area contributed by atoms with Gasteiger partial charge in [-0.2, -0.15) is 0 Å². The van der Waals surface area contributed by atoms with Crippen molar-refractivity contribution in [2.75, 3.05) is 10.6 Å². The zero-order valence-electron chi connectivity index (χ0n) is 16.5. The largest absolute Gasteiger partial charge is 0.478 e. The number of carboxylic acid groups (broad SMARTS) is 2. The number of anilines is 2. The van der Waals surface area contributed by atoms with Crippen molar-refractivity contribution in [2.45, 2.75) is 27.7 Å². The molecule has 0 aliphatic heterocycles. The second kappa shape index (κ2) is 8.14. The predicted molar refractivity (Wildman–Crippen MR) is 107 cm³/mol. The van der Waals surface area contributed by atoms with E-state index in [2.05, 4.69) is 10.6 Å². The van der Waals surface area contributed by atoms with E-state index in [1.165, 1.54) is 26.0 Å². The van der Waals surface area contributed by atoms with Crippen molar-refractivity contribution >= 4 is 35.1 Å². The average Bonchev–Trinajstić information content (AvgIpc) is 2.60. The molecule has 2 amide bonds. The van der Waals surface area contributed by atoms with Gasteiger partial charge in [0.2, 0.25) is 11.8 Å². The zero-order chi connectivity index (χ0) is 21.9. The smallest absolute Gasteiger partial charge is 0.338 e. The van der Waals surface area contributed by atoms with Crippen LogP contribution in [0.3, 0.4) is 0 Å². The van der Waals surface area contributed by atoms with Crippen LogP contribution in [0, 0.1) is 19.3 Å². The van der Waals surface area contributed by atoms with Gasteiger partial charge in [-0.15, -0.1) is 0 Å². The van der Waals surface area contributed by atoms with E-state index >= 15 is 0 Å². The third kappa shape index (κ3) is 4.43. The van der Waals surface area contributed by atoms with E-state index < -0.39 is 29.2 Å². The minimum atomic E-state index is -1.61. The van der Waals surface area contributed by atoms with Gasteiger partial charge in [0.1, 0.15) is 5.41 Å². The maximum Gasteiger partial charge on any atom is 0.338 e. The molecule has 0 bridgehead atoms. The fraction of sp³-hybridized carbons (Fsp3) is 0.238. The second-order valence-corrected chi connectivity index (χ2v) is 7.14. The topological polar surface area (TPSA) is 133 Å². The van der Waals surface area contributed by atoms with Gasteiger partial charge in [0.05, 0.1) is 22.5 Å². The van der Waals surface area contributed by atoms with Crippen LogP contribution in [0.15, 0.2) is 36.4 Å². The first-order valence-electron chi connectivity index (χ1n) is 8.75. The Kier molecular flexibility index (Phi) is 6.06. The van der Waals surface area contributed by atoms with Crippen LogP contribution in [-0.2, 0) is 9.59 Å². The Morgan fingerprint density at radius 1 is 0.724 bits per heavy atom. The zero-order valence-corrected chi connectivity index (χ0v) is 16.5. The first-order chi connectivity index (χ1) is 13.5. The monoisotopic (exact) mass is 398 g/mol. The predicted octanol–water partition coefficient (Wildman–Crippen LogP) is 3.30. The van der Waals surface area contributed by atoms with Crippen LogP contribution >= 0.6 is 0 Å². The molecular formula is C21H22N2O6. The molecule has 0 aliphatic rings. The number of hydrogen-bond donors (Lipinski definition) is 4. The Balaban J connectivity index is 2.30. The number of rotatable bonds is 6. The molecule has 0 saturated carbocycles. The normalized spacial score (nSPS) is 10.9. The van der Waals surface area contributed by atoms with Crippen LogP contribution in [0.4, 0.5) is 11.4 Å². The molecule has 0 spiro atoms. The Hall–Kier alpha value is -3.68. The lowest BCUT2D eigenvalue weighted by atomic mass is 9.90. The van der Waals surface area contributed by atoms with E-state index in [1.54, 1.807) is 38.1 Å². The third-order valence-electron chi connectivity index (χ3n) is 4.61. The Bertz CT molecular complexity index is 931. The van der Waals surface area contributed by atoms with Crippen LogP contribution in [-0.4, -0.2) is 34.0 Å². The molecule has 0 aliphatic carbocycles. The number of benzene rings is 2. The number of carboxylic acids is 2. The van der Waals surface area contributed by atoms with Crippen LogP contribution in [0.5, 0.6) is 0 Å². The molecule has 2 aromatic carbocycles. The molecule has 0 heterocycles. The van der Waals surface area contributed by atoms with Crippen molar-refractivity contribution in [1.29, 1.82) is 0 Å². The van der Waals surface area contributed by atoms with Gasteiger partial charge in [-0.3, -0.25) is 9.59 Å². The number of carbonyl (C=O) groups excluding carboxylic acids is 2. The van der Waals surface area contributed by atoms with E-state index in [0.29, 0.717) is 11.1 Å². The van der Waals surface area contributed by atoms with Crippen molar-refractivity contribution in [3.63, 3.8) is 0 Å². The molecule has 2 rings (SSSR count). The number of nitrogens with one attached hydrogen (secondary N) is 2. The molecule has 152 valence electrons. The van der Waals surface area contributed by atoms with Crippen LogP contribution in [0.1, 0.15) is 45.7 Å². The molecule has 8 heteroatoms. The quantitative estimate of drug-likeness (QED) is 0.552. The van der Waals surface area contributed by atoms with Crippen molar-refractivity contribution in [1.82, 2.24) is 0 Å². The average molecular weight is 398 g/mol. The fourth-order valence-electron chi connectivity index (χ4n) is 2.77. The standard InChI is InChI=1S/C21H22N2O6/c1-11-7-5-9-13(15(11)17(24)25)22-19(28)21(3,4)20(29)23-14-10-6-8-12(2)16(14)18(26)27/h5-10H,1-4H3,(H,22,28)(H,23,29)(H,24,25)(H,26,27). The van der Waals surface area contributed by atoms with Gasteiger partial charge in [0.15, 0.2) is 0 Å². The van der Waals surface area contributed by atoms with Crippen molar-refractivity contribution in [2.24, 2.45) is 5.41 Å². The minimum Gasteiger partial charge on any atom is -0.478 e. The van der Waals surface area contributed by atoms with E-state index in [4.69, 9.17) is 0 Å². The van der Waals surface area contributed by atoms with Crippen molar-refractivity contribution in [3.05, 3.63) is 58.7 Å². The minimum absolute atomic E-state index is 0.0658. The van der Waals surface area contributed by atoms with Crippen molar-refractivity contribution in [3.8, 4) is 0 Å². The van der Waals surface area contributed by atoms with E-state index in [1.807, 2.05) is 0 Å². The highest BCUT2D eigenvalue weighted by Crippen LogP contribution is 2.26. The summed E-state index contributed by atoms with van der Waals surface area (Å²) >= 11 is 0. The summed E-state index contributed by atoms with van der Waals surface area (Å²) in [5, 5.41) is 23.8. The lowest BCUT2D eigenvalue weighted by Crippen LogP contribution is -2.42. The number of amides is 2. The molecular weight excluding hydrogens is 376 g/mol.